The van der Waals surface area contributed by atoms with E-state index < -0.39 is 42.1 Å². The summed E-state index contributed by atoms with van der Waals surface area (Å²) in [6, 6.07) is 5.39. The maximum atomic E-state index is 14.7. The molecule has 148 valence electrons. The molecule has 0 aromatic heterocycles. The van der Waals surface area contributed by atoms with E-state index in [1.165, 1.54) is 12.1 Å². The monoisotopic (exact) mass is 414 g/mol. The maximum absolute atomic E-state index is 14.7. The molecule has 0 spiro atoms. The van der Waals surface area contributed by atoms with Crippen LogP contribution in [0.4, 0.5) is 17.6 Å². The molecular weight excluding hydrogens is 400 g/mol. The van der Waals surface area contributed by atoms with Gasteiger partial charge in [0.1, 0.15) is 11.9 Å². The quantitative estimate of drug-likeness (QED) is 0.780. The maximum Gasteiger partial charge on any atom is 0.282 e. The third kappa shape index (κ3) is 3.10. The van der Waals surface area contributed by atoms with Gasteiger partial charge in [-0.2, -0.15) is 0 Å². The standard InChI is InChI=1S/C19H15ClF4N2O2/c20-14-5-9(3-10-4-11(6-25)28-17(10)14)12-1-2-13(16(22)15(12)21)18(27)26-7-19(23,24)8-26/h1-3,5,11H,4,6-8,25H2. The fourth-order valence-electron chi connectivity index (χ4n) is 3.44. The molecule has 1 saturated heterocycles. The van der Waals surface area contributed by atoms with Crippen molar-refractivity contribution in [3.8, 4) is 16.9 Å². The molecule has 1 amide bonds. The molecule has 28 heavy (non-hydrogen) atoms. The van der Waals surface area contributed by atoms with Crippen molar-refractivity contribution < 1.29 is 27.1 Å². The number of nitrogens with two attached hydrogens (primary N) is 1. The predicted molar refractivity (Wildman–Crippen MR) is 94.8 cm³/mol. The van der Waals surface area contributed by atoms with Crippen molar-refractivity contribution in [1.82, 2.24) is 4.90 Å². The van der Waals surface area contributed by atoms with E-state index in [4.69, 9.17) is 22.1 Å². The first-order valence-electron chi connectivity index (χ1n) is 8.55. The van der Waals surface area contributed by atoms with Gasteiger partial charge in [-0.15, -0.1) is 0 Å². The van der Waals surface area contributed by atoms with E-state index in [9.17, 15) is 22.4 Å². The number of likely N-dealkylation sites (tertiary alicyclic amines) is 1. The Kier molecular flexibility index (Phi) is 4.50. The molecule has 9 heteroatoms. The van der Waals surface area contributed by atoms with E-state index in [0.29, 0.717) is 17.7 Å². The summed E-state index contributed by atoms with van der Waals surface area (Å²) in [4.78, 5) is 12.9. The van der Waals surface area contributed by atoms with Gasteiger partial charge in [0.2, 0.25) is 0 Å². The largest absolute Gasteiger partial charge is 0.487 e. The number of carbonyl (C=O) groups is 1. The molecule has 4 nitrogen and oxygen atoms in total. The van der Waals surface area contributed by atoms with Gasteiger partial charge in [-0.25, -0.2) is 17.6 Å². The van der Waals surface area contributed by atoms with E-state index in [2.05, 4.69) is 0 Å². The Bertz CT molecular complexity index is 975. The third-order valence-corrected chi connectivity index (χ3v) is 5.15. The van der Waals surface area contributed by atoms with E-state index in [1.807, 2.05) is 0 Å². The third-order valence-electron chi connectivity index (χ3n) is 4.87. The molecule has 0 bridgehead atoms. The van der Waals surface area contributed by atoms with Gasteiger partial charge in [0.25, 0.3) is 11.8 Å². The van der Waals surface area contributed by atoms with Crippen molar-refractivity contribution in [1.29, 1.82) is 0 Å². The summed E-state index contributed by atoms with van der Waals surface area (Å²) in [5.74, 6) is -6.13. The molecule has 2 heterocycles. The van der Waals surface area contributed by atoms with Gasteiger partial charge in [-0.3, -0.25) is 4.79 Å². The Balaban J connectivity index is 1.67. The van der Waals surface area contributed by atoms with Crippen molar-refractivity contribution in [3.63, 3.8) is 0 Å². The van der Waals surface area contributed by atoms with Crippen LogP contribution in [0.1, 0.15) is 15.9 Å². The van der Waals surface area contributed by atoms with Gasteiger partial charge < -0.3 is 15.4 Å². The average Bonchev–Trinajstić information content (AvgIpc) is 3.05. The zero-order valence-electron chi connectivity index (χ0n) is 14.4. The van der Waals surface area contributed by atoms with Crippen LogP contribution in [0.3, 0.4) is 0 Å². The van der Waals surface area contributed by atoms with Crippen LogP contribution in [-0.4, -0.2) is 42.5 Å². The number of rotatable bonds is 3. The topological polar surface area (TPSA) is 55.6 Å². The van der Waals surface area contributed by atoms with Gasteiger partial charge in [0.15, 0.2) is 11.6 Å². The molecule has 0 saturated carbocycles. The molecule has 0 radical (unpaired) electrons. The minimum atomic E-state index is -2.99. The summed E-state index contributed by atoms with van der Waals surface area (Å²) < 4.78 is 60.7. The lowest BCUT2D eigenvalue weighted by molar-refractivity contribution is -0.113. The number of hydrogen-bond acceptors (Lipinski definition) is 3. The number of fused-ring (bicyclic) bond motifs is 1. The van der Waals surface area contributed by atoms with Gasteiger partial charge in [-0.1, -0.05) is 17.7 Å². The number of alkyl halides is 2. The fraction of sp³-hybridized carbons (Fsp3) is 0.316. The SMILES string of the molecule is NCC1Cc2cc(-c3ccc(C(=O)N4CC(F)(F)C4)c(F)c3F)cc(Cl)c2O1. The predicted octanol–water partition coefficient (Wildman–Crippen LogP) is 3.64. The van der Waals surface area contributed by atoms with Crippen LogP contribution in [-0.2, 0) is 6.42 Å². The Hall–Kier alpha value is -2.32. The van der Waals surface area contributed by atoms with Gasteiger partial charge >= 0.3 is 0 Å². The molecule has 1 unspecified atom stereocenters. The van der Waals surface area contributed by atoms with Crippen molar-refractivity contribution in [2.24, 2.45) is 5.73 Å². The highest BCUT2D eigenvalue weighted by atomic mass is 35.5. The smallest absolute Gasteiger partial charge is 0.282 e. The van der Waals surface area contributed by atoms with Crippen molar-refractivity contribution in [3.05, 3.63) is 52.0 Å². The summed E-state index contributed by atoms with van der Waals surface area (Å²) in [6.07, 6.45) is 0.252. The Morgan fingerprint density at radius 2 is 1.96 bits per heavy atom. The van der Waals surface area contributed by atoms with E-state index in [-0.39, 0.29) is 23.2 Å². The van der Waals surface area contributed by atoms with Gasteiger partial charge in [0.05, 0.1) is 23.7 Å². The number of benzene rings is 2. The van der Waals surface area contributed by atoms with E-state index in [0.717, 1.165) is 16.5 Å². The molecule has 2 aliphatic rings. The van der Waals surface area contributed by atoms with Crippen molar-refractivity contribution in [2.75, 3.05) is 19.6 Å². The molecule has 2 N–H and O–H groups in total. The van der Waals surface area contributed by atoms with Crippen LogP contribution < -0.4 is 10.5 Å². The Morgan fingerprint density at radius 3 is 2.61 bits per heavy atom. The molecule has 2 aliphatic heterocycles. The van der Waals surface area contributed by atoms with Crippen LogP contribution in [0, 0.1) is 11.6 Å². The number of nitrogens with zero attached hydrogens (tertiary/aromatic N) is 1. The van der Waals surface area contributed by atoms with Crippen LogP contribution in [0.25, 0.3) is 11.1 Å². The number of hydrogen-bond donors (Lipinski definition) is 1. The molecule has 2 aromatic carbocycles. The van der Waals surface area contributed by atoms with E-state index >= 15 is 0 Å². The second-order valence-corrected chi connectivity index (χ2v) is 7.34. The van der Waals surface area contributed by atoms with Crippen LogP contribution >= 0.6 is 11.6 Å². The highest BCUT2D eigenvalue weighted by Gasteiger charge is 2.47. The zero-order chi connectivity index (χ0) is 20.2. The minimum absolute atomic E-state index is 0.0936. The molecule has 4 rings (SSSR count). The normalized spacial score (nSPS) is 19.8. The number of ether oxygens (including phenoxy) is 1. The molecule has 2 aromatic rings. The lowest BCUT2D eigenvalue weighted by atomic mass is 9.98. The lowest BCUT2D eigenvalue weighted by Crippen LogP contribution is -2.58. The summed E-state index contributed by atoms with van der Waals surface area (Å²) in [5.41, 5.74) is 5.96. The number of carbonyl (C=O) groups excluding carboxylic acids is 1. The minimum Gasteiger partial charge on any atom is -0.487 e. The lowest BCUT2D eigenvalue weighted by Gasteiger charge is -2.38. The van der Waals surface area contributed by atoms with Crippen molar-refractivity contribution in [2.45, 2.75) is 18.4 Å². The first kappa shape index (κ1) is 19.0. The number of halogens is 5. The fourth-order valence-corrected chi connectivity index (χ4v) is 3.72. The van der Waals surface area contributed by atoms with Crippen molar-refractivity contribution >= 4 is 17.5 Å². The zero-order valence-corrected chi connectivity index (χ0v) is 15.2. The summed E-state index contributed by atoms with van der Waals surface area (Å²) in [6.45, 7) is -1.33. The van der Waals surface area contributed by atoms with Crippen LogP contribution in [0.15, 0.2) is 24.3 Å². The molecule has 1 atom stereocenters. The Labute approximate surface area is 162 Å². The van der Waals surface area contributed by atoms with Gasteiger partial charge in [0, 0.05) is 24.1 Å². The number of amides is 1. The van der Waals surface area contributed by atoms with Gasteiger partial charge in [-0.05, 0) is 23.8 Å². The first-order chi connectivity index (χ1) is 13.2. The Morgan fingerprint density at radius 1 is 1.25 bits per heavy atom. The summed E-state index contributed by atoms with van der Waals surface area (Å²) in [5, 5.41) is 0.242. The van der Waals surface area contributed by atoms with E-state index in [1.54, 1.807) is 6.07 Å². The second kappa shape index (κ2) is 6.63. The van der Waals surface area contributed by atoms with Crippen LogP contribution in [0.5, 0.6) is 5.75 Å². The highest BCUT2D eigenvalue weighted by Crippen LogP contribution is 2.40. The molecular formula is C19H15ClF4N2O2. The van der Waals surface area contributed by atoms with Crippen LogP contribution in [0.2, 0.25) is 5.02 Å². The highest BCUT2D eigenvalue weighted by molar-refractivity contribution is 6.32. The summed E-state index contributed by atoms with van der Waals surface area (Å²) >= 11 is 6.20. The second-order valence-electron chi connectivity index (χ2n) is 6.93. The average molecular weight is 415 g/mol. The molecule has 0 aliphatic carbocycles. The first-order valence-corrected chi connectivity index (χ1v) is 8.92. The summed E-state index contributed by atoms with van der Waals surface area (Å²) in [7, 11) is 0. The molecule has 1 fully saturated rings.